The van der Waals surface area contributed by atoms with Gasteiger partial charge in [-0.25, -0.2) is 0 Å². The minimum atomic E-state index is 0.297. The maximum atomic E-state index is 5.66. The van der Waals surface area contributed by atoms with E-state index < -0.39 is 0 Å². The molecule has 0 radical (unpaired) electrons. The Bertz CT molecular complexity index is 345. The molecule has 1 rings (SSSR count). The molecule has 1 unspecified atom stereocenters. The van der Waals surface area contributed by atoms with Crippen molar-refractivity contribution < 1.29 is 0 Å². The van der Waals surface area contributed by atoms with Crippen LogP contribution in [0, 0.1) is 0 Å². The molecule has 0 aliphatic heterocycles. The molecule has 0 aliphatic carbocycles. The highest BCUT2D eigenvalue weighted by atomic mass is 32.2. The van der Waals surface area contributed by atoms with Crippen molar-refractivity contribution >= 4 is 29.3 Å². The van der Waals surface area contributed by atoms with Crippen LogP contribution in [-0.2, 0) is 0 Å². The van der Waals surface area contributed by atoms with E-state index in [9.17, 15) is 0 Å². The summed E-state index contributed by atoms with van der Waals surface area (Å²) in [6, 6.07) is 1.89. The molecule has 0 aliphatic rings. The molecule has 96 valence electrons. The van der Waals surface area contributed by atoms with Gasteiger partial charge in [0, 0.05) is 24.4 Å². The molecule has 0 saturated carbocycles. The van der Waals surface area contributed by atoms with Gasteiger partial charge in [-0.3, -0.25) is 0 Å². The number of anilines is 3. The van der Waals surface area contributed by atoms with Crippen molar-refractivity contribution in [1.29, 1.82) is 0 Å². The van der Waals surface area contributed by atoms with Gasteiger partial charge in [-0.15, -0.1) is 0 Å². The molecule has 1 heterocycles. The van der Waals surface area contributed by atoms with Crippen LogP contribution >= 0.6 is 11.8 Å². The van der Waals surface area contributed by atoms with Crippen LogP contribution < -0.4 is 16.4 Å². The first-order valence-corrected chi connectivity index (χ1v) is 7.09. The first kappa shape index (κ1) is 13.9. The highest BCUT2D eigenvalue weighted by Crippen LogP contribution is 2.13. The van der Waals surface area contributed by atoms with E-state index in [1.807, 2.05) is 17.8 Å². The van der Waals surface area contributed by atoms with Gasteiger partial charge in [0.2, 0.25) is 5.95 Å². The highest BCUT2D eigenvalue weighted by molar-refractivity contribution is 7.99. The molecule has 0 amide bonds. The van der Waals surface area contributed by atoms with E-state index in [0.29, 0.717) is 11.2 Å². The third-order valence-electron chi connectivity index (χ3n) is 2.27. The average molecular weight is 255 g/mol. The number of hydrogen-bond donors (Lipinski definition) is 3. The molecule has 6 heteroatoms. The molecule has 17 heavy (non-hydrogen) atoms. The summed E-state index contributed by atoms with van der Waals surface area (Å²) in [6.07, 6.45) is 3.14. The summed E-state index contributed by atoms with van der Waals surface area (Å²) in [4.78, 5) is 8.28. The SMILES string of the molecule is CCCNc1cc(NCC(C)SC)nc(N)n1. The fourth-order valence-corrected chi connectivity index (χ4v) is 1.48. The van der Waals surface area contributed by atoms with Crippen LogP contribution in [0.1, 0.15) is 20.3 Å². The van der Waals surface area contributed by atoms with Gasteiger partial charge in [-0.1, -0.05) is 13.8 Å². The Labute approximate surface area is 107 Å². The number of rotatable bonds is 7. The average Bonchev–Trinajstić information content (AvgIpc) is 2.32. The van der Waals surface area contributed by atoms with Crippen LogP contribution in [0.3, 0.4) is 0 Å². The van der Waals surface area contributed by atoms with E-state index in [4.69, 9.17) is 5.73 Å². The summed E-state index contributed by atoms with van der Waals surface area (Å²) < 4.78 is 0. The third kappa shape index (κ3) is 5.12. The van der Waals surface area contributed by atoms with Crippen LogP contribution in [0.5, 0.6) is 0 Å². The lowest BCUT2D eigenvalue weighted by molar-refractivity contribution is 0.960. The van der Waals surface area contributed by atoms with Crippen molar-refractivity contribution in [2.24, 2.45) is 0 Å². The second-order valence-corrected chi connectivity index (χ2v) is 5.13. The van der Waals surface area contributed by atoms with E-state index in [1.54, 1.807) is 0 Å². The maximum absolute atomic E-state index is 5.66. The molecule has 1 aromatic rings. The lowest BCUT2D eigenvalue weighted by atomic mass is 10.4. The smallest absolute Gasteiger partial charge is 0.223 e. The molecular weight excluding hydrogens is 234 g/mol. The van der Waals surface area contributed by atoms with Crippen LogP contribution in [0.4, 0.5) is 17.6 Å². The standard InChI is InChI=1S/C11H21N5S/c1-4-5-13-9-6-10(16-11(12)15-9)14-7-8(2)17-3/h6,8H,4-5,7H2,1-3H3,(H4,12,13,14,15,16). The van der Waals surface area contributed by atoms with Gasteiger partial charge >= 0.3 is 0 Å². The Kier molecular flexibility index (Phi) is 5.90. The molecule has 5 nitrogen and oxygen atoms in total. The number of nitrogens with one attached hydrogen (secondary N) is 2. The normalized spacial score (nSPS) is 12.2. The Morgan fingerprint density at radius 1 is 1.35 bits per heavy atom. The van der Waals surface area contributed by atoms with Crippen LogP contribution in [-0.4, -0.2) is 34.6 Å². The van der Waals surface area contributed by atoms with E-state index in [1.165, 1.54) is 0 Å². The van der Waals surface area contributed by atoms with Gasteiger partial charge < -0.3 is 16.4 Å². The zero-order valence-electron chi connectivity index (χ0n) is 10.7. The minimum absolute atomic E-state index is 0.297. The van der Waals surface area contributed by atoms with Crippen molar-refractivity contribution in [2.45, 2.75) is 25.5 Å². The Hall–Kier alpha value is -1.17. The van der Waals surface area contributed by atoms with E-state index in [-0.39, 0.29) is 0 Å². The first-order chi connectivity index (χ1) is 8.15. The van der Waals surface area contributed by atoms with Crippen molar-refractivity contribution in [3.05, 3.63) is 6.07 Å². The van der Waals surface area contributed by atoms with Crippen LogP contribution in [0.2, 0.25) is 0 Å². The topological polar surface area (TPSA) is 75.9 Å². The van der Waals surface area contributed by atoms with Gasteiger partial charge in [0.1, 0.15) is 11.6 Å². The van der Waals surface area contributed by atoms with Gasteiger partial charge in [0.05, 0.1) is 0 Å². The monoisotopic (exact) mass is 255 g/mol. The summed E-state index contributed by atoms with van der Waals surface area (Å²) >= 11 is 1.81. The summed E-state index contributed by atoms with van der Waals surface area (Å²) in [5, 5.41) is 7.00. The van der Waals surface area contributed by atoms with E-state index >= 15 is 0 Å². The van der Waals surface area contributed by atoms with Crippen LogP contribution in [0.25, 0.3) is 0 Å². The van der Waals surface area contributed by atoms with Crippen molar-refractivity contribution in [3.8, 4) is 0 Å². The molecule has 1 atom stereocenters. The lowest BCUT2D eigenvalue weighted by Gasteiger charge is -2.12. The van der Waals surface area contributed by atoms with Crippen molar-refractivity contribution in [3.63, 3.8) is 0 Å². The molecule has 0 spiro atoms. The number of nitrogen functional groups attached to an aromatic ring is 1. The molecule has 1 aromatic heterocycles. The maximum Gasteiger partial charge on any atom is 0.223 e. The van der Waals surface area contributed by atoms with E-state index in [0.717, 1.165) is 31.1 Å². The Morgan fingerprint density at radius 2 is 2.00 bits per heavy atom. The number of hydrogen-bond acceptors (Lipinski definition) is 6. The number of nitrogens with zero attached hydrogens (tertiary/aromatic N) is 2. The fraction of sp³-hybridized carbons (Fsp3) is 0.636. The largest absolute Gasteiger partial charge is 0.370 e. The second kappa shape index (κ2) is 7.21. The summed E-state index contributed by atoms with van der Waals surface area (Å²) in [6.45, 7) is 6.03. The van der Waals surface area contributed by atoms with Crippen molar-refractivity contribution in [2.75, 3.05) is 35.7 Å². The summed E-state index contributed by atoms with van der Waals surface area (Å²) in [5.74, 6) is 1.85. The summed E-state index contributed by atoms with van der Waals surface area (Å²) in [5.41, 5.74) is 5.66. The molecular formula is C11H21N5S. The molecule has 4 N–H and O–H groups in total. The zero-order valence-corrected chi connectivity index (χ0v) is 11.5. The number of thioether (sulfide) groups is 1. The van der Waals surface area contributed by atoms with Gasteiger partial charge in [-0.05, 0) is 12.7 Å². The molecule has 0 saturated heterocycles. The molecule has 0 aromatic carbocycles. The predicted molar refractivity (Wildman–Crippen MR) is 76.7 cm³/mol. The number of nitrogens with two attached hydrogens (primary N) is 1. The lowest BCUT2D eigenvalue weighted by Crippen LogP contribution is -2.15. The Balaban J connectivity index is 2.61. The van der Waals surface area contributed by atoms with Crippen LogP contribution in [0.15, 0.2) is 6.07 Å². The third-order valence-corrected chi connectivity index (χ3v) is 3.24. The molecule has 0 bridgehead atoms. The minimum Gasteiger partial charge on any atom is -0.370 e. The predicted octanol–water partition coefficient (Wildman–Crippen LogP) is 2.04. The number of aromatic nitrogens is 2. The van der Waals surface area contributed by atoms with Gasteiger partial charge in [-0.2, -0.15) is 21.7 Å². The quantitative estimate of drug-likeness (QED) is 0.692. The van der Waals surface area contributed by atoms with E-state index in [2.05, 4.69) is 40.7 Å². The second-order valence-electron chi connectivity index (χ2n) is 3.85. The fourth-order valence-electron chi connectivity index (χ4n) is 1.23. The first-order valence-electron chi connectivity index (χ1n) is 5.80. The van der Waals surface area contributed by atoms with Gasteiger partial charge in [0.25, 0.3) is 0 Å². The summed E-state index contributed by atoms with van der Waals surface area (Å²) in [7, 11) is 0. The molecule has 0 fully saturated rings. The van der Waals surface area contributed by atoms with Gasteiger partial charge in [0.15, 0.2) is 0 Å². The highest BCUT2D eigenvalue weighted by Gasteiger charge is 2.03. The Morgan fingerprint density at radius 3 is 2.59 bits per heavy atom. The zero-order chi connectivity index (χ0) is 12.7. The van der Waals surface area contributed by atoms with Crippen molar-refractivity contribution in [1.82, 2.24) is 9.97 Å².